The van der Waals surface area contributed by atoms with E-state index in [1.54, 1.807) is 0 Å². The molecule has 0 aliphatic heterocycles. The Morgan fingerprint density at radius 3 is 2.36 bits per heavy atom. The molecule has 0 aliphatic carbocycles. The van der Waals surface area contributed by atoms with Crippen molar-refractivity contribution in [2.24, 2.45) is 0 Å². The van der Waals surface area contributed by atoms with Crippen LogP contribution in [0.25, 0.3) is 0 Å². The van der Waals surface area contributed by atoms with Crippen LogP contribution >= 0.6 is 72.7 Å². The lowest BCUT2D eigenvalue weighted by Gasteiger charge is -2.09. The van der Waals surface area contributed by atoms with E-state index in [1.807, 2.05) is 12.1 Å². The SMILES string of the molecule is C=C(Br)COc1c(I)cc(Cl)cc1I. The van der Waals surface area contributed by atoms with Gasteiger partial charge < -0.3 is 4.74 Å². The van der Waals surface area contributed by atoms with Crippen LogP contribution in [0.2, 0.25) is 5.02 Å². The van der Waals surface area contributed by atoms with Gasteiger partial charge in [-0.3, -0.25) is 0 Å². The summed E-state index contributed by atoms with van der Waals surface area (Å²) in [4.78, 5) is 0. The Hall–Kier alpha value is 0.990. The van der Waals surface area contributed by atoms with Gasteiger partial charge >= 0.3 is 0 Å². The van der Waals surface area contributed by atoms with E-state index in [2.05, 4.69) is 67.7 Å². The first-order valence-electron chi connectivity index (χ1n) is 3.61. The Morgan fingerprint density at radius 2 is 1.93 bits per heavy atom. The van der Waals surface area contributed by atoms with Crippen LogP contribution in [-0.2, 0) is 0 Å². The predicted molar refractivity (Wildman–Crippen MR) is 80.4 cm³/mol. The maximum atomic E-state index is 5.89. The first-order chi connectivity index (χ1) is 6.50. The van der Waals surface area contributed by atoms with Crippen LogP contribution in [0.5, 0.6) is 5.75 Å². The van der Waals surface area contributed by atoms with Crippen molar-refractivity contribution in [2.45, 2.75) is 0 Å². The fourth-order valence-corrected chi connectivity index (χ4v) is 3.60. The maximum absolute atomic E-state index is 5.89. The quantitative estimate of drug-likeness (QED) is 0.542. The molecule has 0 saturated heterocycles. The van der Waals surface area contributed by atoms with Crippen LogP contribution in [0.4, 0.5) is 0 Å². The lowest BCUT2D eigenvalue weighted by molar-refractivity contribution is 0.356. The van der Waals surface area contributed by atoms with Gasteiger partial charge in [-0.15, -0.1) is 0 Å². The van der Waals surface area contributed by atoms with Crippen molar-refractivity contribution in [1.29, 1.82) is 0 Å². The molecule has 0 spiro atoms. The fraction of sp³-hybridized carbons (Fsp3) is 0.111. The van der Waals surface area contributed by atoms with E-state index >= 15 is 0 Å². The van der Waals surface area contributed by atoms with E-state index in [4.69, 9.17) is 16.3 Å². The minimum absolute atomic E-state index is 0.466. The molecule has 0 bridgehead atoms. The average molecular weight is 499 g/mol. The molecule has 76 valence electrons. The molecule has 0 atom stereocenters. The molecule has 0 radical (unpaired) electrons. The molecule has 1 nitrogen and oxygen atoms in total. The van der Waals surface area contributed by atoms with Crippen molar-refractivity contribution >= 4 is 72.7 Å². The number of benzene rings is 1. The second-order valence-electron chi connectivity index (χ2n) is 2.50. The van der Waals surface area contributed by atoms with Crippen LogP contribution in [0.15, 0.2) is 23.2 Å². The first kappa shape index (κ1) is 13.1. The highest BCUT2D eigenvalue weighted by Crippen LogP contribution is 2.31. The van der Waals surface area contributed by atoms with Gasteiger partial charge in [-0.1, -0.05) is 34.1 Å². The lowest BCUT2D eigenvalue weighted by Crippen LogP contribution is -1.99. The van der Waals surface area contributed by atoms with E-state index in [1.165, 1.54) is 0 Å². The van der Waals surface area contributed by atoms with Crippen LogP contribution in [0, 0.1) is 7.14 Å². The summed E-state index contributed by atoms with van der Waals surface area (Å²) < 4.78 is 8.40. The molecule has 0 saturated carbocycles. The third-order valence-electron chi connectivity index (χ3n) is 1.34. The first-order valence-corrected chi connectivity index (χ1v) is 6.94. The molecule has 0 aromatic heterocycles. The van der Waals surface area contributed by atoms with Crippen LogP contribution in [0.1, 0.15) is 0 Å². The molecule has 1 rings (SSSR count). The molecule has 0 heterocycles. The summed E-state index contributed by atoms with van der Waals surface area (Å²) in [6.45, 7) is 4.17. The summed E-state index contributed by atoms with van der Waals surface area (Å²) in [6, 6.07) is 3.74. The number of hydrogen-bond donors (Lipinski definition) is 0. The van der Waals surface area contributed by atoms with Crippen LogP contribution < -0.4 is 4.74 Å². The van der Waals surface area contributed by atoms with Gasteiger partial charge in [0.1, 0.15) is 12.4 Å². The Kier molecular flexibility index (Phi) is 5.51. The topological polar surface area (TPSA) is 9.23 Å². The van der Waals surface area contributed by atoms with E-state index in [0.717, 1.165) is 22.4 Å². The van der Waals surface area contributed by atoms with Gasteiger partial charge in [0.05, 0.1) is 7.14 Å². The standard InChI is InChI=1S/C9H6BrClI2O/c1-5(10)4-14-9-7(12)2-6(11)3-8(9)13/h2-3H,1,4H2. The summed E-state index contributed by atoms with van der Waals surface area (Å²) in [5, 5.41) is 0.726. The smallest absolute Gasteiger partial charge is 0.146 e. The molecular weight excluding hydrogens is 493 g/mol. The maximum Gasteiger partial charge on any atom is 0.146 e. The molecule has 0 N–H and O–H groups in total. The fourth-order valence-electron chi connectivity index (χ4n) is 0.817. The van der Waals surface area contributed by atoms with E-state index in [0.29, 0.717) is 6.61 Å². The molecule has 0 aliphatic rings. The van der Waals surface area contributed by atoms with E-state index in [-0.39, 0.29) is 0 Å². The third kappa shape index (κ3) is 3.86. The molecule has 1 aromatic carbocycles. The average Bonchev–Trinajstić information content (AvgIpc) is 2.01. The molecule has 0 unspecified atom stereocenters. The van der Waals surface area contributed by atoms with Crippen molar-refractivity contribution in [3.8, 4) is 5.75 Å². The van der Waals surface area contributed by atoms with Gasteiger partial charge in [0, 0.05) is 9.51 Å². The van der Waals surface area contributed by atoms with Gasteiger partial charge in [0.25, 0.3) is 0 Å². The Labute approximate surface area is 124 Å². The Morgan fingerprint density at radius 1 is 1.43 bits per heavy atom. The zero-order valence-electron chi connectivity index (χ0n) is 6.99. The highest BCUT2D eigenvalue weighted by atomic mass is 127. The van der Waals surface area contributed by atoms with Crippen molar-refractivity contribution in [3.63, 3.8) is 0 Å². The number of ether oxygens (including phenoxy) is 1. The molecule has 0 amide bonds. The largest absolute Gasteiger partial charge is 0.486 e. The minimum atomic E-state index is 0.466. The van der Waals surface area contributed by atoms with Crippen molar-refractivity contribution in [2.75, 3.05) is 6.61 Å². The Bertz CT molecular complexity index is 345. The van der Waals surface area contributed by atoms with E-state index < -0.39 is 0 Å². The second-order valence-corrected chi connectivity index (χ2v) is 6.39. The lowest BCUT2D eigenvalue weighted by atomic mass is 10.3. The van der Waals surface area contributed by atoms with Gasteiger partial charge in [-0.2, -0.15) is 0 Å². The zero-order chi connectivity index (χ0) is 10.7. The molecule has 14 heavy (non-hydrogen) atoms. The second kappa shape index (κ2) is 5.91. The third-order valence-corrected chi connectivity index (χ3v) is 3.39. The predicted octanol–water partition coefficient (Wildman–Crippen LogP) is 4.84. The minimum Gasteiger partial charge on any atom is -0.486 e. The summed E-state index contributed by atoms with van der Waals surface area (Å²) >= 11 is 13.5. The summed E-state index contributed by atoms with van der Waals surface area (Å²) in [5.74, 6) is 0.858. The van der Waals surface area contributed by atoms with Crippen molar-refractivity contribution in [1.82, 2.24) is 0 Å². The molecule has 5 heteroatoms. The Balaban J connectivity index is 2.91. The van der Waals surface area contributed by atoms with Crippen molar-refractivity contribution < 1.29 is 4.74 Å². The van der Waals surface area contributed by atoms with Gasteiger partial charge in [-0.25, -0.2) is 0 Å². The van der Waals surface area contributed by atoms with Crippen LogP contribution in [0.3, 0.4) is 0 Å². The normalized spacial score (nSPS) is 10.0. The highest BCUT2D eigenvalue weighted by Gasteiger charge is 2.07. The number of hydrogen-bond acceptors (Lipinski definition) is 1. The van der Waals surface area contributed by atoms with Gasteiger partial charge in [0.2, 0.25) is 0 Å². The summed E-state index contributed by atoms with van der Waals surface area (Å²) in [6.07, 6.45) is 0. The number of halogens is 4. The molecule has 0 fully saturated rings. The summed E-state index contributed by atoms with van der Waals surface area (Å²) in [7, 11) is 0. The monoisotopic (exact) mass is 498 g/mol. The van der Waals surface area contributed by atoms with Gasteiger partial charge in [-0.05, 0) is 57.3 Å². The highest BCUT2D eigenvalue weighted by molar-refractivity contribution is 14.1. The summed E-state index contributed by atoms with van der Waals surface area (Å²) in [5.41, 5.74) is 0. The van der Waals surface area contributed by atoms with Gasteiger partial charge in [0.15, 0.2) is 0 Å². The molecular formula is C9H6BrClI2O. The van der Waals surface area contributed by atoms with Crippen LogP contribution in [-0.4, -0.2) is 6.61 Å². The van der Waals surface area contributed by atoms with Crippen molar-refractivity contribution in [3.05, 3.63) is 35.4 Å². The molecule has 1 aromatic rings. The zero-order valence-corrected chi connectivity index (χ0v) is 13.6. The van der Waals surface area contributed by atoms with E-state index in [9.17, 15) is 0 Å². The number of rotatable bonds is 3.